The summed E-state index contributed by atoms with van der Waals surface area (Å²) in [5.74, 6) is 0.695. The molecule has 5 nitrogen and oxygen atoms in total. The fourth-order valence-electron chi connectivity index (χ4n) is 1.13. The summed E-state index contributed by atoms with van der Waals surface area (Å²) in [6, 6.07) is 1.29. The molecular formula is C9H11ClN2O3S. The molecule has 1 aromatic rings. The molecule has 0 unspecified atom stereocenters. The van der Waals surface area contributed by atoms with Crippen molar-refractivity contribution in [2.75, 3.05) is 13.1 Å². The number of rotatable bonds is 2. The average Bonchev–Trinajstić information content (AvgIpc) is 2.73. The molecule has 1 aliphatic heterocycles. The third-order valence-corrected chi connectivity index (χ3v) is 2.84. The van der Waals surface area contributed by atoms with Crippen LogP contribution in [-0.4, -0.2) is 23.4 Å². The van der Waals surface area contributed by atoms with Gasteiger partial charge in [0.1, 0.15) is 12.0 Å². The van der Waals surface area contributed by atoms with Crippen molar-refractivity contribution in [1.29, 1.82) is 0 Å². The summed E-state index contributed by atoms with van der Waals surface area (Å²) >= 11 is 1.48. The van der Waals surface area contributed by atoms with Gasteiger partial charge in [0, 0.05) is 12.6 Å². The van der Waals surface area contributed by atoms with Crippen LogP contribution in [0.1, 0.15) is 5.76 Å². The second-order valence-corrected chi connectivity index (χ2v) is 3.96. The van der Waals surface area contributed by atoms with Gasteiger partial charge in [-0.1, -0.05) is 11.8 Å². The maximum Gasteiger partial charge on any atom is 0.226 e. The van der Waals surface area contributed by atoms with Crippen LogP contribution in [0.2, 0.25) is 0 Å². The van der Waals surface area contributed by atoms with E-state index < -0.39 is 5.43 Å². The number of nitrogens with zero attached hydrogens (tertiary/aromatic N) is 1. The highest BCUT2D eigenvalue weighted by Gasteiger charge is 2.07. The van der Waals surface area contributed by atoms with E-state index in [-0.39, 0.29) is 18.2 Å². The minimum atomic E-state index is -0.418. The Morgan fingerprint density at radius 3 is 3.06 bits per heavy atom. The molecule has 0 atom stereocenters. The van der Waals surface area contributed by atoms with E-state index in [1.165, 1.54) is 17.8 Å². The van der Waals surface area contributed by atoms with E-state index in [4.69, 9.17) is 9.52 Å². The van der Waals surface area contributed by atoms with E-state index in [1.807, 2.05) is 0 Å². The smallest absolute Gasteiger partial charge is 0.226 e. The number of halogens is 1. The predicted octanol–water partition coefficient (Wildman–Crippen LogP) is 0.960. The Morgan fingerprint density at radius 1 is 1.62 bits per heavy atom. The van der Waals surface area contributed by atoms with Gasteiger partial charge in [0.15, 0.2) is 10.9 Å². The molecule has 0 amide bonds. The van der Waals surface area contributed by atoms with Crippen molar-refractivity contribution in [3.8, 4) is 5.75 Å². The molecule has 16 heavy (non-hydrogen) atoms. The first-order valence-corrected chi connectivity index (χ1v) is 5.46. The predicted molar refractivity (Wildman–Crippen MR) is 65.5 cm³/mol. The summed E-state index contributed by atoms with van der Waals surface area (Å²) in [4.78, 5) is 15.3. The molecule has 1 aromatic heterocycles. The van der Waals surface area contributed by atoms with E-state index in [9.17, 15) is 4.79 Å². The average molecular weight is 263 g/mol. The highest BCUT2D eigenvalue weighted by molar-refractivity contribution is 8.13. The molecule has 2 heterocycles. The van der Waals surface area contributed by atoms with E-state index in [1.54, 1.807) is 0 Å². The second kappa shape index (κ2) is 5.81. The van der Waals surface area contributed by atoms with Crippen LogP contribution in [0, 0.1) is 0 Å². The van der Waals surface area contributed by atoms with E-state index in [0.29, 0.717) is 11.5 Å². The summed E-state index contributed by atoms with van der Waals surface area (Å²) in [5.41, 5.74) is -0.418. The van der Waals surface area contributed by atoms with Crippen LogP contribution in [0.3, 0.4) is 0 Å². The third kappa shape index (κ3) is 3.18. The highest BCUT2D eigenvalue weighted by atomic mass is 35.5. The second-order valence-electron chi connectivity index (χ2n) is 3.00. The van der Waals surface area contributed by atoms with Gasteiger partial charge in [-0.2, -0.15) is 0 Å². The molecule has 0 saturated carbocycles. The monoisotopic (exact) mass is 262 g/mol. The zero-order valence-corrected chi connectivity index (χ0v) is 9.94. The molecule has 88 valence electrons. The topological polar surface area (TPSA) is 74.8 Å². The van der Waals surface area contributed by atoms with Gasteiger partial charge >= 0.3 is 0 Å². The zero-order chi connectivity index (χ0) is 10.7. The molecule has 0 aromatic carbocycles. The normalized spacial score (nSPS) is 13.9. The van der Waals surface area contributed by atoms with Crippen LogP contribution >= 0.6 is 24.2 Å². The number of hydrogen-bond donors (Lipinski definition) is 2. The van der Waals surface area contributed by atoms with Crippen LogP contribution in [0.15, 0.2) is 26.5 Å². The van der Waals surface area contributed by atoms with Crippen LogP contribution < -0.4 is 10.7 Å². The Bertz CT molecular complexity index is 447. The highest BCUT2D eigenvalue weighted by Crippen LogP contribution is 2.14. The Kier molecular flexibility index (Phi) is 4.70. The Labute approximate surface area is 102 Å². The SMILES string of the molecule is Cl.O=c1cc(CSC2=NCCN2)occ1O. The minimum absolute atomic E-state index is 0. The first-order chi connectivity index (χ1) is 7.25. The molecule has 0 saturated heterocycles. The van der Waals surface area contributed by atoms with Crippen LogP contribution in [-0.2, 0) is 5.75 Å². The van der Waals surface area contributed by atoms with Crippen molar-refractivity contribution in [2.24, 2.45) is 4.99 Å². The first-order valence-electron chi connectivity index (χ1n) is 4.47. The number of hydrogen-bond acceptors (Lipinski definition) is 6. The van der Waals surface area contributed by atoms with Crippen molar-refractivity contribution in [3.05, 3.63) is 28.3 Å². The fraction of sp³-hybridized carbons (Fsp3) is 0.333. The molecule has 7 heteroatoms. The van der Waals surface area contributed by atoms with Crippen LogP contribution in [0.4, 0.5) is 0 Å². The largest absolute Gasteiger partial charge is 0.502 e. The van der Waals surface area contributed by atoms with Gasteiger partial charge in [-0.05, 0) is 0 Å². The van der Waals surface area contributed by atoms with Crippen molar-refractivity contribution in [2.45, 2.75) is 5.75 Å². The van der Waals surface area contributed by atoms with Gasteiger partial charge in [0.25, 0.3) is 0 Å². The maximum atomic E-state index is 11.1. The van der Waals surface area contributed by atoms with Gasteiger partial charge in [-0.15, -0.1) is 12.4 Å². The van der Waals surface area contributed by atoms with Crippen LogP contribution in [0.5, 0.6) is 5.75 Å². The number of aromatic hydroxyl groups is 1. The summed E-state index contributed by atoms with van der Waals surface area (Å²) < 4.78 is 5.05. The Hall–Kier alpha value is -1.14. The third-order valence-electron chi connectivity index (χ3n) is 1.86. The van der Waals surface area contributed by atoms with Gasteiger partial charge in [0.05, 0.1) is 12.3 Å². The quantitative estimate of drug-likeness (QED) is 0.830. The van der Waals surface area contributed by atoms with Crippen molar-refractivity contribution in [3.63, 3.8) is 0 Å². The first kappa shape index (κ1) is 12.9. The lowest BCUT2D eigenvalue weighted by molar-refractivity contribution is 0.419. The standard InChI is InChI=1S/C9H10N2O3S.ClH/c12-7-3-6(14-4-8(7)13)5-15-9-10-1-2-11-9;/h3-4,13H,1-2,5H2,(H,10,11);1H. The van der Waals surface area contributed by atoms with Crippen molar-refractivity contribution in [1.82, 2.24) is 5.32 Å². The molecule has 0 spiro atoms. The Balaban J connectivity index is 0.00000128. The fourth-order valence-corrected chi connectivity index (χ4v) is 1.95. The lowest BCUT2D eigenvalue weighted by atomic mass is 10.4. The lowest BCUT2D eigenvalue weighted by Crippen LogP contribution is -2.15. The van der Waals surface area contributed by atoms with Gasteiger partial charge in [-0.3, -0.25) is 9.79 Å². The number of thioether (sulfide) groups is 1. The van der Waals surface area contributed by atoms with Gasteiger partial charge in [0.2, 0.25) is 5.43 Å². The number of nitrogens with one attached hydrogen (secondary N) is 1. The van der Waals surface area contributed by atoms with Gasteiger partial charge < -0.3 is 14.8 Å². The number of aliphatic imine (C=N–C) groups is 1. The zero-order valence-electron chi connectivity index (χ0n) is 8.30. The molecule has 0 bridgehead atoms. The van der Waals surface area contributed by atoms with E-state index in [2.05, 4.69) is 10.3 Å². The summed E-state index contributed by atoms with van der Waals surface area (Å²) in [6.45, 7) is 1.66. The summed E-state index contributed by atoms with van der Waals surface area (Å²) in [6.07, 6.45) is 1.06. The van der Waals surface area contributed by atoms with Crippen LogP contribution in [0.25, 0.3) is 0 Å². The van der Waals surface area contributed by atoms with Crippen molar-refractivity contribution >= 4 is 29.3 Å². The van der Waals surface area contributed by atoms with Gasteiger partial charge in [-0.25, -0.2) is 0 Å². The number of amidine groups is 1. The summed E-state index contributed by atoms with van der Waals surface area (Å²) in [5, 5.41) is 12.9. The van der Waals surface area contributed by atoms with Crippen molar-refractivity contribution < 1.29 is 9.52 Å². The molecule has 2 rings (SSSR count). The van der Waals surface area contributed by atoms with E-state index >= 15 is 0 Å². The molecule has 0 radical (unpaired) electrons. The lowest BCUT2D eigenvalue weighted by Gasteiger charge is -2.01. The Morgan fingerprint density at radius 2 is 2.44 bits per heavy atom. The minimum Gasteiger partial charge on any atom is -0.502 e. The summed E-state index contributed by atoms with van der Waals surface area (Å²) in [7, 11) is 0. The van der Waals surface area contributed by atoms with E-state index in [0.717, 1.165) is 24.5 Å². The molecule has 0 fully saturated rings. The molecule has 2 N–H and O–H groups in total. The molecular weight excluding hydrogens is 252 g/mol. The molecule has 0 aliphatic carbocycles. The maximum absolute atomic E-state index is 11.1. The molecule has 1 aliphatic rings.